The fraction of sp³-hybridized carbons (Fsp3) is 0.357. The molecule has 96 valence electrons. The number of rotatable bonds is 4. The van der Waals surface area contributed by atoms with Crippen LogP contribution in [0.5, 0.6) is 0 Å². The summed E-state index contributed by atoms with van der Waals surface area (Å²) in [5, 5.41) is 7.88. The zero-order valence-corrected chi connectivity index (χ0v) is 12.6. The number of nitrogens with one attached hydrogen (secondary N) is 1. The molecule has 0 spiro atoms. The number of nitrogens with zero attached hydrogens (tertiary/aromatic N) is 2. The minimum atomic E-state index is 0.773. The maximum atomic E-state index is 4.40. The predicted octanol–water partition coefficient (Wildman–Crippen LogP) is 3.67. The Balaban J connectivity index is 2.16. The Labute approximate surface area is 116 Å². The molecule has 3 nitrogen and oxygen atoms in total. The van der Waals surface area contributed by atoms with E-state index in [1.165, 1.54) is 16.9 Å². The van der Waals surface area contributed by atoms with Crippen molar-refractivity contribution in [3.05, 3.63) is 45.7 Å². The summed E-state index contributed by atoms with van der Waals surface area (Å²) in [7, 11) is 1.97. The zero-order valence-electron chi connectivity index (χ0n) is 11.0. The number of aryl methyl sites for hydroxylation is 3. The van der Waals surface area contributed by atoms with E-state index in [0.717, 1.165) is 23.1 Å². The SMILES string of the molecule is CCc1ccccc1NCc1c(Br)c(C)nn1C. The van der Waals surface area contributed by atoms with Crippen LogP contribution < -0.4 is 5.32 Å². The Hall–Kier alpha value is -1.29. The van der Waals surface area contributed by atoms with Gasteiger partial charge in [0.2, 0.25) is 0 Å². The Bertz CT molecular complexity index is 546. The summed E-state index contributed by atoms with van der Waals surface area (Å²) in [6.45, 7) is 4.95. The zero-order chi connectivity index (χ0) is 13.1. The highest BCUT2D eigenvalue weighted by Crippen LogP contribution is 2.22. The number of halogens is 1. The maximum Gasteiger partial charge on any atom is 0.0739 e. The Morgan fingerprint density at radius 3 is 2.67 bits per heavy atom. The first-order chi connectivity index (χ1) is 8.63. The summed E-state index contributed by atoms with van der Waals surface area (Å²) in [5.74, 6) is 0. The molecule has 0 aliphatic rings. The molecule has 1 aromatic heterocycles. The molecule has 0 saturated heterocycles. The molecule has 2 rings (SSSR count). The van der Waals surface area contributed by atoms with Crippen molar-refractivity contribution in [1.29, 1.82) is 0 Å². The smallest absolute Gasteiger partial charge is 0.0739 e. The van der Waals surface area contributed by atoms with Gasteiger partial charge >= 0.3 is 0 Å². The lowest BCUT2D eigenvalue weighted by atomic mass is 10.1. The molecule has 18 heavy (non-hydrogen) atoms. The van der Waals surface area contributed by atoms with Crippen LogP contribution >= 0.6 is 15.9 Å². The van der Waals surface area contributed by atoms with E-state index in [1.807, 2.05) is 18.7 Å². The van der Waals surface area contributed by atoms with Gasteiger partial charge in [0.15, 0.2) is 0 Å². The largest absolute Gasteiger partial charge is 0.379 e. The van der Waals surface area contributed by atoms with E-state index in [2.05, 4.69) is 57.5 Å². The van der Waals surface area contributed by atoms with Crippen molar-refractivity contribution < 1.29 is 0 Å². The van der Waals surface area contributed by atoms with Gasteiger partial charge in [-0.05, 0) is 40.9 Å². The van der Waals surface area contributed by atoms with E-state index >= 15 is 0 Å². The summed E-state index contributed by atoms with van der Waals surface area (Å²) < 4.78 is 3.01. The molecule has 0 bridgehead atoms. The van der Waals surface area contributed by atoms with Gasteiger partial charge in [-0.1, -0.05) is 25.1 Å². The number of benzene rings is 1. The third-order valence-electron chi connectivity index (χ3n) is 3.11. The number of aromatic nitrogens is 2. The third-order valence-corrected chi connectivity index (χ3v) is 4.14. The number of hydrogen-bond donors (Lipinski definition) is 1. The van der Waals surface area contributed by atoms with E-state index in [9.17, 15) is 0 Å². The normalized spacial score (nSPS) is 10.7. The minimum absolute atomic E-state index is 0.773. The highest BCUT2D eigenvalue weighted by Gasteiger charge is 2.10. The molecule has 0 aliphatic heterocycles. The summed E-state index contributed by atoms with van der Waals surface area (Å²) in [6.07, 6.45) is 1.04. The monoisotopic (exact) mass is 307 g/mol. The van der Waals surface area contributed by atoms with Crippen molar-refractivity contribution in [3.8, 4) is 0 Å². The average Bonchev–Trinajstić information content (AvgIpc) is 2.62. The van der Waals surface area contributed by atoms with Crippen molar-refractivity contribution in [3.63, 3.8) is 0 Å². The molecular weight excluding hydrogens is 290 g/mol. The molecule has 1 aromatic carbocycles. The number of para-hydroxylation sites is 1. The van der Waals surface area contributed by atoms with E-state index in [0.29, 0.717) is 0 Å². The van der Waals surface area contributed by atoms with Crippen LogP contribution in [0.1, 0.15) is 23.9 Å². The average molecular weight is 308 g/mol. The van der Waals surface area contributed by atoms with Gasteiger partial charge in [-0.3, -0.25) is 4.68 Å². The second-order valence-electron chi connectivity index (χ2n) is 4.33. The van der Waals surface area contributed by atoms with Crippen molar-refractivity contribution in [2.24, 2.45) is 7.05 Å². The quantitative estimate of drug-likeness (QED) is 0.934. The topological polar surface area (TPSA) is 29.9 Å². The Morgan fingerprint density at radius 2 is 2.06 bits per heavy atom. The molecular formula is C14H18BrN3. The van der Waals surface area contributed by atoms with Crippen molar-refractivity contribution in [1.82, 2.24) is 9.78 Å². The van der Waals surface area contributed by atoms with Gasteiger partial charge in [0.05, 0.1) is 22.4 Å². The van der Waals surface area contributed by atoms with Crippen molar-refractivity contribution >= 4 is 21.6 Å². The molecule has 4 heteroatoms. The second kappa shape index (κ2) is 5.57. The van der Waals surface area contributed by atoms with E-state index < -0.39 is 0 Å². The fourth-order valence-corrected chi connectivity index (χ4v) is 2.53. The molecule has 1 N–H and O–H groups in total. The fourth-order valence-electron chi connectivity index (χ4n) is 2.05. The lowest BCUT2D eigenvalue weighted by Crippen LogP contribution is -2.07. The van der Waals surface area contributed by atoms with Crippen LogP contribution in [0.3, 0.4) is 0 Å². The van der Waals surface area contributed by atoms with Gasteiger partial charge in [0.1, 0.15) is 0 Å². The molecule has 0 atom stereocenters. The van der Waals surface area contributed by atoms with Crippen LogP contribution in [0, 0.1) is 6.92 Å². The van der Waals surface area contributed by atoms with E-state index in [-0.39, 0.29) is 0 Å². The minimum Gasteiger partial charge on any atom is -0.379 e. The first-order valence-corrected chi connectivity index (χ1v) is 6.92. The molecule has 1 heterocycles. The molecule has 0 radical (unpaired) electrons. The number of anilines is 1. The molecule has 2 aromatic rings. The summed E-state index contributed by atoms with van der Waals surface area (Å²) in [6, 6.07) is 8.42. The van der Waals surface area contributed by atoms with E-state index in [4.69, 9.17) is 0 Å². The molecule has 0 saturated carbocycles. The van der Waals surface area contributed by atoms with Crippen LogP contribution in [0.2, 0.25) is 0 Å². The molecule has 0 aliphatic carbocycles. The van der Waals surface area contributed by atoms with Crippen molar-refractivity contribution in [2.45, 2.75) is 26.8 Å². The van der Waals surface area contributed by atoms with Crippen LogP contribution in [0.4, 0.5) is 5.69 Å². The Kier molecular flexibility index (Phi) is 4.07. The summed E-state index contributed by atoms with van der Waals surface area (Å²) >= 11 is 3.59. The van der Waals surface area contributed by atoms with Crippen LogP contribution in [-0.4, -0.2) is 9.78 Å². The van der Waals surface area contributed by atoms with Crippen LogP contribution in [-0.2, 0) is 20.0 Å². The standard InChI is InChI=1S/C14H18BrN3/c1-4-11-7-5-6-8-12(11)16-9-13-14(15)10(2)17-18(13)3/h5-8,16H,4,9H2,1-3H3. The van der Waals surface area contributed by atoms with Gasteiger partial charge < -0.3 is 5.32 Å². The summed E-state index contributed by atoms with van der Waals surface area (Å²) in [4.78, 5) is 0. The molecule has 0 amide bonds. The van der Waals surface area contributed by atoms with Crippen molar-refractivity contribution in [2.75, 3.05) is 5.32 Å². The first-order valence-electron chi connectivity index (χ1n) is 6.13. The van der Waals surface area contributed by atoms with Gasteiger partial charge in [0.25, 0.3) is 0 Å². The van der Waals surface area contributed by atoms with E-state index in [1.54, 1.807) is 0 Å². The first kappa shape index (κ1) is 13.1. The van der Waals surface area contributed by atoms with Crippen LogP contribution in [0.25, 0.3) is 0 Å². The maximum absolute atomic E-state index is 4.40. The van der Waals surface area contributed by atoms with Gasteiger partial charge in [-0.25, -0.2) is 0 Å². The predicted molar refractivity (Wildman–Crippen MR) is 78.8 cm³/mol. The summed E-state index contributed by atoms with van der Waals surface area (Å²) in [5.41, 5.74) is 4.73. The molecule has 0 unspecified atom stereocenters. The van der Waals surface area contributed by atoms with Gasteiger partial charge in [0, 0.05) is 12.7 Å². The van der Waals surface area contributed by atoms with Gasteiger partial charge in [-0.2, -0.15) is 5.10 Å². The van der Waals surface area contributed by atoms with Gasteiger partial charge in [-0.15, -0.1) is 0 Å². The lowest BCUT2D eigenvalue weighted by Gasteiger charge is -2.11. The highest BCUT2D eigenvalue weighted by atomic mass is 79.9. The highest BCUT2D eigenvalue weighted by molar-refractivity contribution is 9.10. The number of hydrogen-bond acceptors (Lipinski definition) is 2. The third kappa shape index (κ3) is 2.58. The lowest BCUT2D eigenvalue weighted by molar-refractivity contribution is 0.712. The second-order valence-corrected chi connectivity index (χ2v) is 5.13. The molecule has 0 fully saturated rings. The Morgan fingerprint density at radius 1 is 1.33 bits per heavy atom. The van der Waals surface area contributed by atoms with Crippen LogP contribution in [0.15, 0.2) is 28.7 Å².